The predicted molar refractivity (Wildman–Crippen MR) is 107 cm³/mol. The molecule has 1 saturated carbocycles. The van der Waals surface area contributed by atoms with E-state index in [0.29, 0.717) is 11.9 Å². The normalized spacial score (nSPS) is 24.4. The number of rotatable bonds is 5. The van der Waals surface area contributed by atoms with Gasteiger partial charge in [0.25, 0.3) is 0 Å². The van der Waals surface area contributed by atoms with Gasteiger partial charge in [0.1, 0.15) is 6.10 Å². The number of sulfone groups is 1. The minimum absolute atomic E-state index is 0.0263. The first kappa shape index (κ1) is 21.0. The molecule has 1 aromatic rings. The van der Waals surface area contributed by atoms with Crippen LogP contribution in [0.1, 0.15) is 39.5 Å². The van der Waals surface area contributed by atoms with Crippen molar-refractivity contribution < 1.29 is 17.9 Å². The molecular weight excluding hydrogens is 378 g/mol. The van der Waals surface area contributed by atoms with Gasteiger partial charge in [0.2, 0.25) is 11.8 Å². The van der Waals surface area contributed by atoms with Gasteiger partial charge in [-0.2, -0.15) is 0 Å². The van der Waals surface area contributed by atoms with Crippen LogP contribution in [-0.4, -0.2) is 73.7 Å². The Hall–Kier alpha value is -1.67. The van der Waals surface area contributed by atoms with E-state index in [2.05, 4.69) is 23.7 Å². The van der Waals surface area contributed by atoms with Crippen molar-refractivity contribution in [3.05, 3.63) is 18.3 Å². The Balaban J connectivity index is 1.46. The molecule has 0 radical (unpaired) electrons. The third kappa shape index (κ3) is 5.23. The van der Waals surface area contributed by atoms with E-state index in [4.69, 9.17) is 4.74 Å². The van der Waals surface area contributed by atoms with Gasteiger partial charge in [-0.1, -0.05) is 0 Å². The number of aromatic nitrogens is 1. The molecular formula is C20H31N3O4S. The zero-order valence-electron chi connectivity index (χ0n) is 17.0. The number of carbonyl (C=O) groups excluding carboxylic acids is 1. The molecule has 0 atom stereocenters. The lowest BCUT2D eigenvalue weighted by Crippen LogP contribution is -2.52. The van der Waals surface area contributed by atoms with E-state index in [1.165, 1.54) is 12.3 Å². The van der Waals surface area contributed by atoms with Crippen molar-refractivity contribution in [2.75, 3.05) is 32.4 Å². The minimum atomic E-state index is -3.25. The van der Waals surface area contributed by atoms with Gasteiger partial charge < -0.3 is 9.64 Å². The molecule has 1 saturated heterocycles. The highest BCUT2D eigenvalue weighted by molar-refractivity contribution is 7.90. The topological polar surface area (TPSA) is 79.8 Å². The predicted octanol–water partition coefficient (Wildman–Crippen LogP) is 1.98. The van der Waals surface area contributed by atoms with Gasteiger partial charge >= 0.3 is 0 Å². The second-order valence-corrected chi connectivity index (χ2v) is 10.2. The van der Waals surface area contributed by atoms with Crippen LogP contribution in [0.2, 0.25) is 0 Å². The number of ether oxygens (including phenoxy) is 1. The second-order valence-electron chi connectivity index (χ2n) is 8.15. The molecule has 0 spiro atoms. The largest absolute Gasteiger partial charge is 0.474 e. The molecule has 0 N–H and O–H groups in total. The summed E-state index contributed by atoms with van der Waals surface area (Å²) in [6, 6.07) is 3.65. The molecule has 1 aliphatic heterocycles. The maximum atomic E-state index is 12.8. The van der Waals surface area contributed by atoms with Gasteiger partial charge in [0, 0.05) is 56.7 Å². The summed E-state index contributed by atoms with van der Waals surface area (Å²) in [6.45, 7) is 7.95. The number of hydrogen-bond donors (Lipinski definition) is 0. The number of nitrogens with zero attached hydrogens (tertiary/aromatic N) is 3. The number of hydrogen-bond acceptors (Lipinski definition) is 6. The van der Waals surface area contributed by atoms with Crippen LogP contribution in [0.25, 0.3) is 0 Å². The smallest absolute Gasteiger partial charge is 0.225 e. The van der Waals surface area contributed by atoms with Crippen molar-refractivity contribution in [3.8, 4) is 5.88 Å². The van der Waals surface area contributed by atoms with Gasteiger partial charge in [-0.25, -0.2) is 13.4 Å². The fraction of sp³-hybridized carbons (Fsp3) is 0.700. The van der Waals surface area contributed by atoms with E-state index >= 15 is 0 Å². The van der Waals surface area contributed by atoms with Crippen molar-refractivity contribution in [1.82, 2.24) is 14.8 Å². The summed E-state index contributed by atoms with van der Waals surface area (Å²) in [4.78, 5) is 21.6. The summed E-state index contributed by atoms with van der Waals surface area (Å²) < 4.78 is 28.9. The average Bonchev–Trinajstić information content (AvgIpc) is 2.68. The molecule has 0 bridgehead atoms. The third-order valence-corrected chi connectivity index (χ3v) is 6.90. The molecule has 1 aromatic heterocycles. The van der Waals surface area contributed by atoms with Crippen molar-refractivity contribution in [1.29, 1.82) is 0 Å². The monoisotopic (exact) mass is 409 g/mol. The standard InChI is InChI=1S/C20H31N3O4S/c1-15(2)22-10-12-23(13-11-22)20(24)16-4-6-17(7-5-16)27-19-9-8-18(14-21-19)28(3,25)26/h8-9,14-17H,4-7,10-13H2,1-3H3. The molecule has 2 fully saturated rings. The molecule has 2 heterocycles. The molecule has 7 nitrogen and oxygen atoms in total. The van der Waals surface area contributed by atoms with Crippen molar-refractivity contribution >= 4 is 15.7 Å². The average molecular weight is 410 g/mol. The number of amides is 1. The summed E-state index contributed by atoms with van der Waals surface area (Å²) >= 11 is 0. The molecule has 1 amide bonds. The number of carbonyl (C=O) groups is 1. The fourth-order valence-corrected chi connectivity index (χ4v) is 4.53. The fourth-order valence-electron chi connectivity index (χ4n) is 3.97. The van der Waals surface area contributed by atoms with Crippen LogP contribution in [0.5, 0.6) is 5.88 Å². The maximum Gasteiger partial charge on any atom is 0.225 e. The SMILES string of the molecule is CC(C)N1CCN(C(=O)C2CCC(Oc3ccc(S(C)(=O)=O)cn3)CC2)CC1. The quantitative estimate of drug-likeness (QED) is 0.740. The molecule has 8 heteroatoms. The Kier molecular flexibility index (Phi) is 6.60. The highest BCUT2D eigenvalue weighted by Crippen LogP contribution is 2.29. The molecule has 156 valence electrons. The minimum Gasteiger partial charge on any atom is -0.474 e. The van der Waals surface area contributed by atoms with Crippen LogP contribution >= 0.6 is 0 Å². The summed E-state index contributed by atoms with van der Waals surface area (Å²) in [5, 5.41) is 0. The third-order valence-electron chi connectivity index (χ3n) is 5.80. The van der Waals surface area contributed by atoms with Crippen LogP contribution in [0.15, 0.2) is 23.2 Å². The van der Waals surface area contributed by atoms with Crippen LogP contribution in [0.3, 0.4) is 0 Å². The molecule has 0 unspecified atom stereocenters. The Morgan fingerprint density at radius 3 is 2.25 bits per heavy atom. The highest BCUT2D eigenvalue weighted by Gasteiger charge is 2.32. The van der Waals surface area contributed by atoms with Gasteiger partial charge in [-0.05, 0) is 45.6 Å². The van der Waals surface area contributed by atoms with Crippen LogP contribution < -0.4 is 4.74 Å². The lowest BCUT2D eigenvalue weighted by atomic mass is 9.86. The lowest BCUT2D eigenvalue weighted by Gasteiger charge is -2.39. The van der Waals surface area contributed by atoms with Crippen LogP contribution in [0, 0.1) is 5.92 Å². The lowest BCUT2D eigenvalue weighted by molar-refractivity contribution is -0.139. The van der Waals surface area contributed by atoms with Crippen molar-refractivity contribution in [3.63, 3.8) is 0 Å². The van der Waals surface area contributed by atoms with E-state index < -0.39 is 9.84 Å². The van der Waals surface area contributed by atoms with E-state index in [1.807, 2.05) is 4.90 Å². The van der Waals surface area contributed by atoms with Gasteiger partial charge in [-0.15, -0.1) is 0 Å². The first-order valence-electron chi connectivity index (χ1n) is 10.1. The van der Waals surface area contributed by atoms with Gasteiger partial charge in [-0.3, -0.25) is 9.69 Å². The second kappa shape index (κ2) is 8.78. The van der Waals surface area contributed by atoms with Gasteiger partial charge in [0.15, 0.2) is 9.84 Å². The van der Waals surface area contributed by atoms with Crippen LogP contribution in [0.4, 0.5) is 0 Å². The summed E-state index contributed by atoms with van der Waals surface area (Å²) in [5.74, 6) is 0.815. The molecule has 28 heavy (non-hydrogen) atoms. The zero-order valence-corrected chi connectivity index (χ0v) is 17.8. The molecule has 1 aliphatic carbocycles. The number of pyridine rings is 1. The summed E-state index contributed by atoms with van der Waals surface area (Å²) in [7, 11) is -3.25. The van der Waals surface area contributed by atoms with E-state index in [9.17, 15) is 13.2 Å². The van der Waals surface area contributed by atoms with E-state index in [0.717, 1.165) is 58.1 Å². The highest BCUT2D eigenvalue weighted by atomic mass is 32.2. The summed E-state index contributed by atoms with van der Waals surface area (Å²) in [6.07, 6.45) is 5.81. The first-order chi connectivity index (χ1) is 13.2. The van der Waals surface area contributed by atoms with E-state index in [-0.39, 0.29) is 22.8 Å². The van der Waals surface area contributed by atoms with Crippen molar-refractivity contribution in [2.45, 2.75) is 56.6 Å². The Bertz CT molecular complexity index is 763. The Morgan fingerprint density at radius 2 is 1.75 bits per heavy atom. The molecule has 2 aliphatic rings. The van der Waals surface area contributed by atoms with Crippen LogP contribution in [-0.2, 0) is 14.6 Å². The Labute approximate surface area is 168 Å². The summed E-state index contributed by atoms with van der Waals surface area (Å²) in [5.41, 5.74) is 0. The Morgan fingerprint density at radius 1 is 1.11 bits per heavy atom. The number of piperazine rings is 1. The van der Waals surface area contributed by atoms with Gasteiger partial charge in [0.05, 0.1) is 4.90 Å². The molecule has 3 rings (SSSR count). The maximum absolute atomic E-state index is 12.8. The first-order valence-corrected chi connectivity index (χ1v) is 12.0. The molecule has 0 aromatic carbocycles. The van der Waals surface area contributed by atoms with E-state index in [1.54, 1.807) is 6.07 Å². The zero-order chi connectivity index (χ0) is 20.3. The van der Waals surface area contributed by atoms with Crippen molar-refractivity contribution in [2.24, 2.45) is 5.92 Å².